The third-order valence-corrected chi connectivity index (χ3v) is 2.75. The largest absolute Gasteiger partial charge is 0.481 e. The minimum Gasteiger partial charge on any atom is -0.481 e. The summed E-state index contributed by atoms with van der Waals surface area (Å²) in [6.45, 7) is 0. The Hall–Kier alpha value is -2.23. The van der Waals surface area contributed by atoms with E-state index in [4.69, 9.17) is 4.74 Å². The molecule has 0 saturated carbocycles. The van der Waals surface area contributed by atoms with E-state index in [1.807, 2.05) is 0 Å². The minimum atomic E-state index is -0.344. The average molecular weight is 259 g/mol. The molecule has 0 saturated heterocycles. The molecule has 0 amide bonds. The van der Waals surface area contributed by atoms with Crippen LogP contribution in [-0.2, 0) is 17.6 Å². The monoisotopic (exact) mass is 259 g/mol. The minimum absolute atomic E-state index is 0.0444. The van der Waals surface area contributed by atoms with Crippen LogP contribution in [0.2, 0.25) is 0 Å². The van der Waals surface area contributed by atoms with E-state index in [-0.39, 0.29) is 24.4 Å². The summed E-state index contributed by atoms with van der Waals surface area (Å²) >= 11 is 0. The molecule has 0 unspecified atom stereocenters. The highest BCUT2D eigenvalue weighted by Gasteiger charge is 2.09. The molecule has 2 rings (SSSR count). The van der Waals surface area contributed by atoms with E-state index in [1.54, 1.807) is 36.5 Å². The van der Waals surface area contributed by atoms with Gasteiger partial charge in [0.1, 0.15) is 11.6 Å². The molecular formula is C15H14FNO2. The Morgan fingerprint density at radius 1 is 1.21 bits per heavy atom. The van der Waals surface area contributed by atoms with E-state index in [9.17, 15) is 9.18 Å². The summed E-state index contributed by atoms with van der Waals surface area (Å²) in [5.41, 5.74) is 1.22. The maximum atomic E-state index is 13.4. The van der Waals surface area contributed by atoms with Gasteiger partial charge in [-0.15, -0.1) is 0 Å². The summed E-state index contributed by atoms with van der Waals surface area (Å²) in [5.74, 6) is 0.117. The van der Waals surface area contributed by atoms with Crippen molar-refractivity contribution in [1.29, 1.82) is 0 Å². The Balaban J connectivity index is 1.99. The first-order valence-corrected chi connectivity index (χ1v) is 5.93. The number of rotatable bonds is 5. The van der Waals surface area contributed by atoms with E-state index in [0.717, 1.165) is 5.56 Å². The van der Waals surface area contributed by atoms with Gasteiger partial charge in [-0.1, -0.05) is 24.3 Å². The molecule has 1 aromatic carbocycles. The van der Waals surface area contributed by atoms with E-state index < -0.39 is 0 Å². The lowest BCUT2D eigenvalue weighted by atomic mass is 10.0. The summed E-state index contributed by atoms with van der Waals surface area (Å²) in [6, 6.07) is 9.80. The van der Waals surface area contributed by atoms with Crippen molar-refractivity contribution in [3.05, 3.63) is 59.5 Å². The molecule has 98 valence electrons. The smallest absolute Gasteiger partial charge is 0.212 e. The molecule has 4 heteroatoms. The molecule has 0 radical (unpaired) electrons. The highest BCUT2D eigenvalue weighted by Crippen LogP contribution is 2.11. The van der Waals surface area contributed by atoms with Crippen LogP contribution in [-0.4, -0.2) is 17.9 Å². The predicted octanol–water partition coefficient (Wildman–Crippen LogP) is 2.58. The second-order valence-corrected chi connectivity index (χ2v) is 4.19. The number of halogens is 1. The van der Waals surface area contributed by atoms with Crippen LogP contribution in [0.5, 0.6) is 5.88 Å². The predicted molar refractivity (Wildman–Crippen MR) is 69.6 cm³/mol. The molecule has 2 aromatic rings. The number of pyridine rings is 1. The number of carbonyl (C=O) groups excluding carboxylic acids is 1. The lowest BCUT2D eigenvalue weighted by Crippen LogP contribution is -2.08. The number of methoxy groups -OCH3 is 1. The van der Waals surface area contributed by atoms with Crippen molar-refractivity contribution < 1.29 is 13.9 Å². The average Bonchev–Trinajstić information content (AvgIpc) is 2.42. The molecular weight excluding hydrogens is 245 g/mol. The lowest BCUT2D eigenvalue weighted by Gasteiger charge is -2.04. The van der Waals surface area contributed by atoms with Crippen LogP contribution in [0.25, 0.3) is 0 Å². The second kappa shape index (κ2) is 6.09. The van der Waals surface area contributed by atoms with E-state index in [2.05, 4.69) is 4.98 Å². The van der Waals surface area contributed by atoms with Crippen molar-refractivity contribution in [2.24, 2.45) is 0 Å². The van der Waals surface area contributed by atoms with Gasteiger partial charge in [0.2, 0.25) is 5.88 Å². The van der Waals surface area contributed by atoms with Crippen LogP contribution in [0.4, 0.5) is 4.39 Å². The SMILES string of the molecule is COc1ccc(CC(=O)Cc2ccccc2F)cn1. The highest BCUT2D eigenvalue weighted by molar-refractivity contribution is 5.83. The number of nitrogens with zero attached hydrogens (tertiary/aromatic N) is 1. The zero-order valence-corrected chi connectivity index (χ0v) is 10.6. The second-order valence-electron chi connectivity index (χ2n) is 4.19. The molecule has 0 atom stereocenters. The van der Waals surface area contributed by atoms with Crippen LogP contribution in [0.1, 0.15) is 11.1 Å². The molecule has 0 aliphatic rings. The van der Waals surface area contributed by atoms with Gasteiger partial charge >= 0.3 is 0 Å². The first kappa shape index (κ1) is 13.2. The standard InChI is InChI=1S/C15H14FNO2/c1-19-15-7-6-11(10-17-15)8-13(18)9-12-4-2-3-5-14(12)16/h2-7,10H,8-9H2,1H3. The maximum Gasteiger partial charge on any atom is 0.212 e. The quantitative estimate of drug-likeness (QED) is 0.828. The Labute approximate surface area is 111 Å². The molecule has 0 aliphatic heterocycles. The Morgan fingerprint density at radius 3 is 2.63 bits per heavy atom. The summed E-state index contributed by atoms with van der Waals surface area (Å²) in [5, 5.41) is 0. The first-order chi connectivity index (χ1) is 9.19. The number of ketones is 1. The van der Waals surface area contributed by atoms with Gasteiger partial charge in [-0.3, -0.25) is 4.79 Å². The van der Waals surface area contributed by atoms with Crippen molar-refractivity contribution in [1.82, 2.24) is 4.98 Å². The van der Waals surface area contributed by atoms with Crippen LogP contribution < -0.4 is 4.74 Å². The van der Waals surface area contributed by atoms with E-state index >= 15 is 0 Å². The number of ether oxygens (including phenoxy) is 1. The molecule has 0 spiro atoms. The van der Waals surface area contributed by atoms with Gasteiger partial charge in [0.15, 0.2) is 0 Å². The zero-order valence-electron chi connectivity index (χ0n) is 10.6. The topological polar surface area (TPSA) is 39.2 Å². The fourth-order valence-electron chi connectivity index (χ4n) is 1.78. The number of hydrogen-bond acceptors (Lipinski definition) is 3. The van der Waals surface area contributed by atoms with Crippen molar-refractivity contribution in [3.8, 4) is 5.88 Å². The Morgan fingerprint density at radius 2 is 2.00 bits per heavy atom. The number of aromatic nitrogens is 1. The molecule has 0 N–H and O–H groups in total. The number of Topliss-reactive ketones (excluding diaryl/α,β-unsaturated/α-hetero) is 1. The molecule has 1 aromatic heterocycles. The van der Waals surface area contributed by atoms with Gasteiger partial charge < -0.3 is 4.74 Å². The van der Waals surface area contributed by atoms with Gasteiger partial charge in [0, 0.05) is 25.1 Å². The van der Waals surface area contributed by atoms with Crippen LogP contribution >= 0.6 is 0 Å². The van der Waals surface area contributed by atoms with Crippen LogP contribution in [0, 0.1) is 5.82 Å². The van der Waals surface area contributed by atoms with Crippen LogP contribution in [0.15, 0.2) is 42.6 Å². The first-order valence-electron chi connectivity index (χ1n) is 5.93. The van der Waals surface area contributed by atoms with E-state index in [1.165, 1.54) is 13.2 Å². The van der Waals surface area contributed by atoms with Crippen molar-refractivity contribution in [3.63, 3.8) is 0 Å². The van der Waals surface area contributed by atoms with Crippen molar-refractivity contribution >= 4 is 5.78 Å². The summed E-state index contributed by atoms with van der Waals surface area (Å²) < 4.78 is 18.3. The normalized spacial score (nSPS) is 10.2. The third kappa shape index (κ3) is 3.61. The fraction of sp³-hybridized carbons (Fsp3) is 0.200. The maximum absolute atomic E-state index is 13.4. The van der Waals surface area contributed by atoms with Crippen molar-refractivity contribution in [2.75, 3.05) is 7.11 Å². The van der Waals surface area contributed by atoms with Crippen molar-refractivity contribution in [2.45, 2.75) is 12.8 Å². The molecule has 1 heterocycles. The van der Waals surface area contributed by atoms with Gasteiger partial charge in [-0.25, -0.2) is 9.37 Å². The van der Waals surface area contributed by atoms with Crippen LogP contribution in [0.3, 0.4) is 0 Å². The highest BCUT2D eigenvalue weighted by atomic mass is 19.1. The number of carbonyl (C=O) groups is 1. The number of benzene rings is 1. The molecule has 0 fully saturated rings. The van der Waals surface area contributed by atoms with Gasteiger partial charge in [-0.05, 0) is 17.2 Å². The summed E-state index contributed by atoms with van der Waals surface area (Å²) in [6.07, 6.45) is 1.93. The Bertz CT molecular complexity index is 567. The van der Waals surface area contributed by atoms with Gasteiger partial charge in [0.05, 0.1) is 7.11 Å². The molecule has 0 aliphatic carbocycles. The zero-order chi connectivity index (χ0) is 13.7. The molecule has 3 nitrogen and oxygen atoms in total. The van der Waals surface area contributed by atoms with Gasteiger partial charge in [-0.2, -0.15) is 0 Å². The third-order valence-electron chi connectivity index (χ3n) is 2.75. The molecule has 0 bridgehead atoms. The summed E-state index contributed by atoms with van der Waals surface area (Å²) in [4.78, 5) is 15.9. The number of hydrogen-bond donors (Lipinski definition) is 0. The molecule has 19 heavy (non-hydrogen) atoms. The summed E-state index contributed by atoms with van der Waals surface area (Å²) in [7, 11) is 1.53. The van der Waals surface area contributed by atoms with Gasteiger partial charge in [0.25, 0.3) is 0 Å². The lowest BCUT2D eigenvalue weighted by molar-refractivity contribution is -0.117. The Kier molecular flexibility index (Phi) is 4.23. The fourth-order valence-corrected chi connectivity index (χ4v) is 1.78. The van der Waals surface area contributed by atoms with E-state index in [0.29, 0.717) is 11.4 Å².